The normalized spacial score (nSPS) is 18.2. The van der Waals surface area contributed by atoms with E-state index in [0.29, 0.717) is 30.0 Å². The molecule has 216 valence electrons. The van der Waals surface area contributed by atoms with Crippen molar-refractivity contribution in [1.82, 2.24) is 4.90 Å². The number of hydrogen-bond acceptors (Lipinski definition) is 7. The van der Waals surface area contributed by atoms with Crippen LogP contribution >= 0.6 is 11.3 Å². The summed E-state index contributed by atoms with van der Waals surface area (Å²) in [6, 6.07) is 19.9. The third-order valence-electron chi connectivity index (χ3n) is 8.53. The predicted octanol–water partition coefficient (Wildman–Crippen LogP) is 6.87. The lowest BCUT2D eigenvalue weighted by Crippen LogP contribution is -2.45. The van der Waals surface area contributed by atoms with E-state index >= 15 is 0 Å². The molecule has 0 radical (unpaired) electrons. The van der Waals surface area contributed by atoms with E-state index in [-0.39, 0.29) is 17.4 Å². The van der Waals surface area contributed by atoms with Gasteiger partial charge >= 0.3 is 0 Å². The van der Waals surface area contributed by atoms with Gasteiger partial charge in [0, 0.05) is 69.2 Å². The number of morpholine rings is 1. The Labute approximate surface area is 248 Å². The van der Waals surface area contributed by atoms with Crippen LogP contribution < -0.4 is 15.6 Å². The zero-order valence-corrected chi connectivity index (χ0v) is 24.7. The molecule has 2 fully saturated rings. The number of carbonyl (C=O) groups is 1. The summed E-state index contributed by atoms with van der Waals surface area (Å²) in [5.41, 5.74) is 3.38. The second-order valence-corrected chi connectivity index (χ2v) is 12.4. The van der Waals surface area contributed by atoms with Crippen LogP contribution in [0.25, 0.3) is 42.3 Å². The lowest BCUT2D eigenvalue weighted by molar-refractivity contribution is -0.119. The molecule has 2 aliphatic rings. The number of anilines is 2. The quantitative estimate of drug-likeness (QED) is 0.236. The SMILES string of the molecule is CC[C@H]1CN(CC(=O)Nc2ccc3sc4c(-c5cccc6c(=O)cc(N7CCCCC7)oc56)cccc4c3c2)CCO1. The Morgan fingerprint density at radius 3 is 2.60 bits per heavy atom. The van der Waals surface area contributed by atoms with Crippen molar-refractivity contribution in [2.24, 2.45) is 0 Å². The first-order valence-electron chi connectivity index (χ1n) is 15.0. The smallest absolute Gasteiger partial charge is 0.238 e. The van der Waals surface area contributed by atoms with Crippen molar-refractivity contribution in [1.29, 1.82) is 0 Å². The number of amides is 1. The third-order valence-corrected chi connectivity index (χ3v) is 9.75. The minimum Gasteiger partial charge on any atom is -0.440 e. The molecule has 1 amide bonds. The van der Waals surface area contributed by atoms with Crippen molar-refractivity contribution in [3.8, 4) is 11.1 Å². The van der Waals surface area contributed by atoms with E-state index in [9.17, 15) is 9.59 Å². The number of fused-ring (bicyclic) bond motifs is 4. The van der Waals surface area contributed by atoms with Crippen molar-refractivity contribution >= 4 is 60.0 Å². The molecule has 7 nitrogen and oxygen atoms in total. The monoisotopic (exact) mass is 581 g/mol. The summed E-state index contributed by atoms with van der Waals surface area (Å²) in [5.74, 6) is 0.646. The maximum atomic E-state index is 13.2. The maximum absolute atomic E-state index is 13.2. The van der Waals surface area contributed by atoms with E-state index in [1.165, 1.54) is 6.42 Å². The van der Waals surface area contributed by atoms with Crippen LogP contribution in [-0.2, 0) is 9.53 Å². The number of piperidine rings is 1. The molecule has 2 saturated heterocycles. The largest absolute Gasteiger partial charge is 0.440 e. The molecule has 1 atom stereocenters. The van der Waals surface area contributed by atoms with Gasteiger partial charge in [-0.25, -0.2) is 0 Å². The van der Waals surface area contributed by atoms with Crippen LogP contribution in [0.3, 0.4) is 0 Å². The average molecular weight is 582 g/mol. The molecule has 0 aliphatic carbocycles. The number of nitrogens with one attached hydrogen (secondary N) is 1. The van der Waals surface area contributed by atoms with Crippen molar-refractivity contribution in [3.05, 3.63) is 70.9 Å². The van der Waals surface area contributed by atoms with Crippen LogP contribution in [0.1, 0.15) is 32.6 Å². The van der Waals surface area contributed by atoms with Gasteiger partial charge in [0.25, 0.3) is 0 Å². The van der Waals surface area contributed by atoms with Gasteiger partial charge in [0.05, 0.1) is 24.6 Å². The second-order valence-electron chi connectivity index (χ2n) is 11.4. The third kappa shape index (κ3) is 5.19. The molecule has 2 aliphatic heterocycles. The zero-order valence-electron chi connectivity index (χ0n) is 23.9. The Kier molecular flexibility index (Phi) is 7.44. The summed E-state index contributed by atoms with van der Waals surface area (Å²) < 4.78 is 14.5. The summed E-state index contributed by atoms with van der Waals surface area (Å²) in [4.78, 5) is 30.5. The van der Waals surface area contributed by atoms with E-state index in [0.717, 1.165) is 82.4 Å². The minimum atomic E-state index is -0.0124. The standard InChI is InChI=1S/C34H35N3O4S/c1-2-23-20-36(16-17-40-23)21-31(39)35-22-12-13-30-28(18-22)26-10-7-9-25(34(26)42-30)24-8-6-11-27-29(38)19-32(41-33(24)27)37-14-4-3-5-15-37/h6-13,18-19,23H,2-5,14-17,20-21H2,1H3,(H,35,39)/t23-/m0/s1. The highest BCUT2D eigenvalue weighted by Gasteiger charge is 2.22. The molecular weight excluding hydrogens is 546 g/mol. The first-order chi connectivity index (χ1) is 20.6. The number of thiophene rings is 1. The zero-order chi connectivity index (χ0) is 28.6. The minimum absolute atomic E-state index is 0.00938. The number of carbonyl (C=O) groups excluding carboxylic acids is 1. The molecule has 0 bridgehead atoms. The molecule has 42 heavy (non-hydrogen) atoms. The molecule has 4 heterocycles. The summed E-state index contributed by atoms with van der Waals surface area (Å²) in [5, 5.41) is 5.93. The Hall–Kier alpha value is -3.72. The van der Waals surface area contributed by atoms with Gasteiger partial charge in [-0.1, -0.05) is 37.3 Å². The molecular formula is C34H35N3O4S. The Balaban J connectivity index is 1.23. The summed E-state index contributed by atoms with van der Waals surface area (Å²) in [7, 11) is 0. The van der Waals surface area contributed by atoms with Crippen molar-refractivity contribution < 1.29 is 13.9 Å². The fraction of sp³-hybridized carbons (Fsp3) is 0.353. The topological polar surface area (TPSA) is 75.0 Å². The highest BCUT2D eigenvalue weighted by atomic mass is 32.1. The number of nitrogens with zero attached hydrogens (tertiary/aromatic N) is 2. The number of ether oxygens (including phenoxy) is 1. The fourth-order valence-electron chi connectivity index (χ4n) is 6.31. The Morgan fingerprint density at radius 2 is 1.76 bits per heavy atom. The molecule has 0 spiro atoms. The van der Waals surface area contributed by atoms with Gasteiger partial charge in [-0.15, -0.1) is 11.3 Å². The van der Waals surface area contributed by atoms with E-state index in [1.807, 2.05) is 24.3 Å². The highest BCUT2D eigenvalue weighted by Crippen LogP contribution is 2.42. The van der Waals surface area contributed by atoms with E-state index in [1.54, 1.807) is 17.4 Å². The van der Waals surface area contributed by atoms with Crippen LogP contribution in [0, 0.1) is 0 Å². The molecule has 5 aromatic rings. The number of rotatable bonds is 6. The molecule has 3 aromatic carbocycles. The summed E-state index contributed by atoms with van der Waals surface area (Å²) >= 11 is 1.72. The van der Waals surface area contributed by atoms with Gasteiger partial charge in [0.2, 0.25) is 5.91 Å². The Bertz CT molecular complexity index is 1840. The number of para-hydroxylation sites is 1. The van der Waals surface area contributed by atoms with Crippen LogP contribution in [0.2, 0.25) is 0 Å². The molecule has 1 N–H and O–H groups in total. The predicted molar refractivity (Wildman–Crippen MR) is 172 cm³/mol. The molecule has 8 heteroatoms. The maximum Gasteiger partial charge on any atom is 0.238 e. The van der Waals surface area contributed by atoms with Crippen LogP contribution in [0.4, 0.5) is 11.6 Å². The second kappa shape index (κ2) is 11.5. The van der Waals surface area contributed by atoms with Crippen LogP contribution in [0.15, 0.2) is 69.9 Å². The fourth-order valence-corrected chi connectivity index (χ4v) is 7.52. The lowest BCUT2D eigenvalue weighted by atomic mass is 10.0. The summed E-state index contributed by atoms with van der Waals surface area (Å²) in [6.07, 6.45) is 4.58. The van der Waals surface area contributed by atoms with E-state index < -0.39 is 0 Å². The van der Waals surface area contributed by atoms with Crippen molar-refractivity contribution in [3.63, 3.8) is 0 Å². The summed E-state index contributed by atoms with van der Waals surface area (Å²) in [6.45, 7) is 6.52. The van der Waals surface area contributed by atoms with Crippen molar-refractivity contribution in [2.45, 2.75) is 38.7 Å². The molecule has 7 rings (SSSR count). The van der Waals surface area contributed by atoms with E-state index in [2.05, 4.69) is 52.4 Å². The van der Waals surface area contributed by atoms with Crippen LogP contribution in [0.5, 0.6) is 0 Å². The van der Waals surface area contributed by atoms with Crippen LogP contribution in [-0.4, -0.2) is 56.2 Å². The molecule has 0 saturated carbocycles. The van der Waals surface area contributed by atoms with E-state index in [4.69, 9.17) is 9.15 Å². The first-order valence-corrected chi connectivity index (χ1v) is 15.8. The van der Waals surface area contributed by atoms with Gasteiger partial charge in [-0.05, 0) is 49.9 Å². The van der Waals surface area contributed by atoms with Gasteiger partial charge in [-0.3, -0.25) is 14.5 Å². The molecule has 0 unspecified atom stereocenters. The number of benzene rings is 3. The lowest BCUT2D eigenvalue weighted by Gasteiger charge is -2.31. The average Bonchev–Trinajstić information content (AvgIpc) is 3.39. The van der Waals surface area contributed by atoms with Gasteiger partial charge in [-0.2, -0.15) is 0 Å². The first kappa shape index (κ1) is 27.1. The van der Waals surface area contributed by atoms with Gasteiger partial charge in [0.15, 0.2) is 11.3 Å². The molecule has 2 aromatic heterocycles. The van der Waals surface area contributed by atoms with Gasteiger partial charge in [0.1, 0.15) is 5.58 Å². The van der Waals surface area contributed by atoms with Crippen molar-refractivity contribution in [2.75, 3.05) is 49.5 Å². The van der Waals surface area contributed by atoms with Gasteiger partial charge < -0.3 is 19.4 Å². The highest BCUT2D eigenvalue weighted by molar-refractivity contribution is 7.26. The number of hydrogen-bond donors (Lipinski definition) is 1. The Morgan fingerprint density at radius 1 is 0.952 bits per heavy atom.